The minimum atomic E-state index is -0.274. The maximum atomic E-state index is 13.3. The summed E-state index contributed by atoms with van der Waals surface area (Å²) in [6.45, 7) is 6.28. The highest BCUT2D eigenvalue weighted by atomic mass is 32.1. The van der Waals surface area contributed by atoms with Gasteiger partial charge >= 0.3 is 0 Å². The zero-order valence-corrected chi connectivity index (χ0v) is 18.3. The van der Waals surface area contributed by atoms with Gasteiger partial charge in [0.05, 0.1) is 34.2 Å². The molecule has 1 atom stereocenters. The summed E-state index contributed by atoms with van der Waals surface area (Å²) in [6.07, 6.45) is 0. The number of hydrogen-bond donors (Lipinski definition) is 1. The second kappa shape index (κ2) is 8.37. The van der Waals surface area contributed by atoms with Crippen molar-refractivity contribution in [3.63, 3.8) is 0 Å². The molecule has 0 unspecified atom stereocenters. The molecule has 0 bridgehead atoms. The number of piperazine rings is 1. The first-order valence-electron chi connectivity index (χ1n) is 10.6. The van der Waals surface area contributed by atoms with Gasteiger partial charge in [0.15, 0.2) is 0 Å². The first-order valence-corrected chi connectivity index (χ1v) is 11.4. The smallest absolute Gasteiger partial charge is 0.244 e. The highest BCUT2D eigenvalue weighted by Crippen LogP contribution is 2.30. The fourth-order valence-electron chi connectivity index (χ4n) is 4.30. The average Bonchev–Trinajstić information content (AvgIpc) is 3.20. The number of carbonyl (C=O) groups excluding carboxylic acids is 2. The lowest BCUT2D eigenvalue weighted by molar-refractivity contribution is -0.126. The minimum Gasteiger partial charge on any atom is -0.323 e. The Morgan fingerprint density at radius 1 is 1.10 bits per heavy atom. The van der Waals surface area contributed by atoms with Crippen molar-refractivity contribution in [3.8, 4) is 0 Å². The number of carbonyl (C=O) groups is 2. The maximum Gasteiger partial charge on any atom is 0.244 e. The molecule has 1 N–H and O–H groups in total. The molecule has 0 saturated carbocycles. The van der Waals surface area contributed by atoms with Gasteiger partial charge in [0.2, 0.25) is 11.8 Å². The lowest BCUT2D eigenvalue weighted by Gasteiger charge is -2.39. The molecule has 2 amide bonds. The Labute approximate surface area is 185 Å². The molecule has 2 aromatic carbocycles. The lowest BCUT2D eigenvalue weighted by atomic mass is 10.1. The van der Waals surface area contributed by atoms with E-state index in [1.54, 1.807) is 16.2 Å². The summed E-state index contributed by atoms with van der Waals surface area (Å²) in [5, 5.41) is 3.98. The molecule has 8 heteroatoms. The predicted molar refractivity (Wildman–Crippen MR) is 123 cm³/mol. The van der Waals surface area contributed by atoms with Gasteiger partial charge in [0.25, 0.3) is 0 Å². The quantitative estimate of drug-likeness (QED) is 0.683. The second-order valence-corrected chi connectivity index (χ2v) is 9.17. The number of amides is 2. The van der Waals surface area contributed by atoms with Crippen LogP contribution >= 0.6 is 11.3 Å². The van der Waals surface area contributed by atoms with E-state index in [0.717, 1.165) is 48.9 Å². The summed E-state index contributed by atoms with van der Waals surface area (Å²) >= 11 is 1.75. The van der Waals surface area contributed by atoms with Crippen molar-refractivity contribution in [2.24, 2.45) is 0 Å². The predicted octanol–water partition coefficient (Wildman–Crippen LogP) is 2.79. The molecule has 2 aliphatic rings. The van der Waals surface area contributed by atoms with E-state index in [9.17, 15) is 9.59 Å². The van der Waals surface area contributed by atoms with E-state index >= 15 is 0 Å². The third-order valence-corrected chi connectivity index (χ3v) is 7.07. The molecule has 160 valence electrons. The van der Waals surface area contributed by atoms with Crippen molar-refractivity contribution in [2.75, 3.05) is 42.9 Å². The molecule has 0 radical (unpaired) electrons. The molecular formula is C23H25N5O2S. The number of nitrogens with zero attached hydrogens (tertiary/aromatic N) is 4. The number of anilines is 2. The summed E-state index contributed by atoms with van der Waals surface area (Å²) in [5.41, 5.74) is 2.53. The molecule has 2 aliphatic heterocycles. The van der Waals surface area contributed by atoms with E-state index in [1.807, 2.05) is 43.3 Å². The third-order valence-electron chi connectivity index (χ3n) is 6.05. The van der Waals surface area contributed by atoms with Gasteiger partial charge < -0.3 is 5.32 Å². The molecule has 3 aromatic rings. The number of hydrogen-bond acceptors (Lipinski definition) is 6. The first-order chi connectivity index (χ1) is 15.1. The highest BCUT2D eigenvalue weighted by Gasteiger charge is 2.33. The van der Waals surface area contributed by atoms with E-state index in [0.29, 0.717) is 5.69 Å². The van der Waals surface area contributed by atoms with Crippen LogP contribution in [0.1, 0.15) is 11.9 Å². The number of thiazole rings is 1. The number of fused-ring (bicyclic) bond motifs is 2. The molecule has 0 spiro atoms. The number of para-hydroxylation sites is 3. The highest BCUT2D eigenvalue weighted by molar-refractivity contribution is 7.18. The molecule has 5 rings (SSSR count). The van der Waals surface area contributed by atoms with Gasteiger partial charge in [-0.3, -0.25) is 24.3 Å². The molecule has 31 heavy (non-hydrogen) atoms. The van der Waals surface area contributed by atoms with Crippen molar-refractivity contribution < 1.29 is 9.59 Å². The van der Waals surface area contributed by atoms with Gasteiger partial charge in [-0.2, -0.15) is 0 Å². The van der Waals surface area contributed by atoms with Crippen molar-refractivity contribution in [1.82, 2.24) is 14.8 Å². The maximum absolute atomic E-state index is 13.3. The zero-order valence-electron chi connectivity index (χ0n) is 17.5. The van der Waals surface area contributed by atoms with Crippen LogP contribution in [0, 0.1) is 0 Å². The lowest BCUT2D eigenvalue weighted by Crippen LogP contribution is -2.56. The van der Waals surface area contributed by atoms with Crippen LogP contribution < -0.4 is 10.2 Å². The monoisotopic (exact) mass is 435 g/mol. The molecular weight excluding hydrogens is 410 g/mol. The van der Waals surface area contributed by atoms with Crippen molar-refractivity contribution in [3.05, 3.63) is 53.5 Å². The number of rotatable bonds is 4. The summed E-state index contributed by atoms with van der Waals surface area (Å²) in [6, 6.07) is 15.4. The number of nitrogens with one attached hydrogen (secondary N) is 1. The first kappa shape index (κ1) is 20.1. The van der Waals surface area contributed by atoms with Crippen LogP contribution in [-0.2, 0) is 16.1 Å². The van der Waals surface area contributed by atoms with Gasteiger partial charge in [-0.25, -0.2) is 4.98 Å². The normalized spacial score (nSPS) is 18.6. The van der Waals surface area contributed by atoms with Crippen LogP contribution in [0.4, 0.5) is 11.4 Å². The Morgan fingerprint density at radius 3 is 2.65 bits per heavy atom. The fourth-order valence-corrected chi connectivity index (χ4v) is 5.31. The largest absolute Gasteiger partial charge is 0.323 e. The average molecular weight is 436 g/mol. The van der Waals surface area contributed by atoms with E-state index in [2.05, 4.69) is 27.2 Å². The summed E-state index contributed by atoms with van der Waals surface area (Å²) < 4.78 is 1.22. The number of aromatic nitrogens is 1. The molecule has 1 fully saturated rings. The molecule has 0 aliphatic carbocycles. The standard InChI is InChI=1S/C23H25N5O2S/c1-16(23(30)28-14-21(29)24-17-6-2-4-8-19(17)28)27-12-10-26(11-13-27)15-22-25-18-7-3-5-9-20(18)31-22/h2-9,16H,10-15H2,1H3,(H,24,29)/t16-/m0/s1. The topological polar surface area (TPSA) is 68.8 Å². The van der Waals surface area contributed by atoms with Gasteiger partial charge in [-0.05, 0) is 31.2 Å². The van der Waals surface area contributed by atoms with Crippen LogP contribution in [0.15, 0.2) is 48.5 Å². The summed E-state index contributed by atoms with van der Waals surface area (Å²) in [5.74, 6) is -0.179. The van der Waals surface area contributed by atoms with Crippen molar-refractivity contribution in [1.29, 1.82) is 0 Å². The number of benzene rings is 2. The third kappa shape index (κ3) is 4.06. The fraction of sp³-hybridized carbons (Fsp3) is 0.348. The van der Waals surface area contributed by atoms with Crippen LogP contribution in [0.25, 0.3) is 10.2 Å². The van der Waals surface area contributed by atoms with Gasteiger partial charge in [-0.1, -0.05) is 24.3 Å². The van der Waals surface area contributed by atoms with E-state index < -0.39 is 0 Å². The molecule has 1 saturated heterocycles. The Hall–Kier alpha value is -2.81. The van der Waals surface area contributed by atoms with Gasteiger partial charge in [0, 0.05) is 26.2 Å². The van der Waals surface area contributed by atoms with Crippen LogP contribution in [-0.4, -0.2) is 65.4 Å². The van der Waals surface area contributed by atoms with E-state index in [4.69, 9.17) is 4.98 Å². The minimum absolute atomic E-state index is 0.0260. The molecule has 1 aromatic heterocycles. The Kier molecular flexibility index (Phi) is 5.43. The Balaban J connectivity index is 1.21. The van der Waals surface area contributed by atoms with Gasteiger partial charge in [-0.15, -0.1) is 11.3 Å². The van der Waals surface area contributed by atoms with Crippen molar-refractivity contribution >= 4 is 44.7 Å². The Bertz CT molecular complexity index is 1090. The van der Waals surface area contributed by atoms with Crippen molar-refractivity contribution in [2.45, 2.75) is 19.5 Å². The van der Waals surface area contributed by atoms with Crippen LogP contribution in [0.5, 0.6) is 0 Å². The SMILES string of the molecule is C[C@@H](C(=O)N1CC(=O)Nc2ccccc21)N1CCN(Cc2nc3ccccc3s2)CC1. The second-order valence-electron chi connectivity index (χ2n) is 8.05. The summed E-state index contributed by atoms with van der Waals surface area (Å²) in [4.78, 5) is 36.3. The van der Waals surface area contributed by atoms with E-state index in [1.165, 1.54) is 4.70 Å². The molecule has 3 heterocycles. The van der Waals surface area contributed by atoms with Crippen LogP contribution in [0.2, 0.25) is 0 Å². The summed E-state index contributed by atoms with van der Waals surface area (Å²) in [7, 11) is 0. The zero-order chi connectivity index (χ0) is 21.4. The van der Waals surface area contributed by atoms with Gasteiger partial charge in [0.1, 0.15) is 11.6 Å². The van der Waals surface area contributed by atoms with Crippen LogP contribution in [0.3, 0.4) is 0 Å². The Morgan fingerprint density at radius 2 is 1.84 bits per heavy atom. The molecule has 7 nitrogen and oxygen atoms in total. The van der Waals surface area contributed by atoms with E-state index in [-0.39, 0.29) is 24.4 Å².